The predicted octanol–water partition coefficient (Wildman–Crippen LogP) is -0.379. The van der Waals surface area contributed by atoms with Crippen molar-refractivity contribution in [3.8, 4) is 0 Å². The smallest absolute Gasteiger partial charge is 0.106 e. The van der Waals surface area contributed by atoms with Gasteiger partial charge in [-0.25, -0.2) is 0 Å². The van der Waals surface area contributed by atoms with Gasteiger partial charge in [0.1, 0.15) is 10.8 Å². The quantitative estimate of drug-likeness (QED) is 0.466. The largest absolute Gasteiger partial charge is 0.370 e. The van der Waals surface area contributed by atoms with Crippen LogP contribution in [0.1, 0.15) is 0 Å². The van der Waals surface area contributed by atoms with E-state index in [0.717, 1.165) is 24.7 Å². The van der Waals surface area contributed by atoms with Gasteiger partial charge in [-0.05, 0) is 0 Å². The zero-order valence-corrected chi connectivity index (χ0v) is 6.37. The summed E-state index contributed by atoms with van der Waals surface area (Å²) in [6.07, 6.45) is 1.96. The summed E-state index contributed by atoms with van der Waals surface area (Å²) in [6, 6.07) is 0. The third kappa shape index (κ3) is 0.844. The predicted molar refractivity (Wildman–Crippen MR) is 43.4 cm³/mol. The van der Waals surface area contributed by atoms with E-state index in [9.17, 15) is 0 Å². The summed E-state index contributed by atoms with van der Waals surface area (Å²) in [5, 5.41) is 6.34. The molecule has 2 rings (SSSR count). The normalized spacial score (nSPS) is 23.0. The molecule has 0 aromatic rings. The molecule has 0 saturated carbocycles. The number of fused-ring (bicyclic) bond motifs is 1. The van der Waals surface area contributed by atoms with Crippen molar-refractivity contribution in [2.45, 2.75) is 0 Å². The monoisotopic (exact) mass is 155 g/mol. The molecule has 0 atom stereocenters. The summed E-state index contributed by atoms with van der Waals surface area (Å²) in [6.45, 7) is 2.98. The molecular formula is C6H9N3S. The van der Waals surface area contributed by atoms with E-state index in [-0.39, 0.29) is 0 Å². The molecule has 1 fully saturated rings. The van der Waals surface area contributed by atoms with Crippen LogP contribution in [0.4, 0.5) is 0 Å². The van der Waals surface area contributed by atoms with Crippen LogP contribution in [0, 0.1) is 0 Å². The molecule has 0 radical (unpaired) electrons. The second-order valence-electron chi connectivity index (χ2n) is 2.42. The van der Waals surface area contributed by atoms with Crippen molar-refractivity contribution < 1.29 is 0 Å². The Morgan fingerprint density at radius 3 is 3.30 bits per heavy atom. The molecule has 2 N–H and O–H groups in total. The second kappa shape index (κ2) is 2.12. The van der Waals surface area contributed by atoms with Gasteiger partial charge in [0.2, 0.25) is 0 Å². The third-order valence-electron chi connectivity index (χ3n) is 1.74. The van der Waals surface area contributed by atoms with E-state index in [1.807, 2.05) is 6.08 Å². The summed E-state index contributed by atoms with van der Waals surface area (Å²) >= 11 is 4.98. The molecule has 54 valence electrons. The first kappa shape index (κ1) is 5.97. The van der Waals surface area contributed by atoms with Gasteiger partial charge in [-0.2, -0.15) is 0 Å². The highest BCUT2D eigenvalue weighted by Crippen LogP contribution is 2.08. The molecule has 0 amide bonds. The lowest BCUT2D eigenvalue weighted by atomic mass is 10.4. The molecule has 1 saturated heterocycles. The first-order valence-corrected chi connectivity index (χ1v) is 3.75. The van der Waals surface area contributed by atoms with E-state index in [1.165, 1.54) is 5.82 Å². The number of rotatable bonds is 0. The minimum absolute atomic E-state index is 0.834. The first-order valence-electron chi connectivity index (χ1n) is 3.34. The summed E-state index contributed by atoms with van der Waals surface area (Å²) in [5.41, 5.74) is 0. The molecule has 2 heterocycles. The van der Waals surface area contributed by atoms with Crippen molar-refractivity contribution in [3.63, 3.8) is 0 Å². The molecule has 2 aliphatic heterocycles. The van der Waals surface area contributed by atoms with Crippen LogP contribution in [0.5, 0.6) is 0 Å². The Kier molecular flexibility index (Phi) is 1.27. The number of nitrogens with zero attached hydrogens (tertiary/aromatic N) is 1. The summed E-state index contributed by atoms with van der Waals surface area (Å²) in [5.74, 6) is 1.17. The fraction of sp³-hybridized carbons (Fsp3) is 0.500. The van der Waals surface area contributed by atoms with E-state index in [2.05, 4.69) is 15.5 Å². The molecule has 4 heteroatoms. The van der Waals surface area contributed by atoms with Crippen LogP contribution in [0.15, 0.2) is 11.9 Å². The van der Waals surface area contributed by atoms with Gasteiger partial charge in [0.25, 0.3) is 0 Å². The van der Waals surface area contributed by atoms with Crippen molar-refractivity contribution in [1.29, 1.82) is 0 Å². The number of hydrogen-bond acceptors (Lipinski definition) is 3. The van der Waals surface area contributed by atoms with E-state index in [4.69, 9.17) is 12.2 Å². The maximum absolute atomic E-state index is 4.98. The van der Waals surface area contributed by atoms with Crippen molar-refractivity contribution in [1.82, 2.24) is 15.5 Å². The van der Waals surface area contributed by atoms with Crippen LogP contribution in [0.25, 0.3) is 0 Å². The first-order chi connectivity index (χ1) is 4.86. The SMILES string of the molecule is S=C1C=C2NCCN2CN1. The minimum Gasteiger partial charge on any atom is -0.370 e. The average Bonchev–Trinajstić information content (AvgIpc) is 2.33. The van der Waals surface area contributed by atoms with Crippen LogP contribution < -0.4 is 10.6 Å². The lowest BCUT2D eigenvalue weighted by molar-refractivity contribution is 0.381. The van der Waals surface area contributed by atoms with Crippen LogP contribution >= 0.6 is 12.2 Å². The maximum Gasteiger partial charge on any atom is 0.106 e. The van der Waals surface area contributed by atoms with Crippen molar-refractivity contribution >= 4 is 17.2 Å². The lowest BCUT2D eigenvalue weighted by Gasteiger charge is -2.24. The number of thiocarbonyl (C=S) groups is 1. The molecular weight excluding hydrogens is 146 g/mol. The van der Waals surface area contributed by atoms with E-state index >= 15 is 0 Å². The van der Waals surface area contributed by atoms with Gasteiger partial charge in [-0.15, -0.1) is 0 Å². The maximum atomic E-state index is 4.98. The number of hydrogen-bond donors (Lipinski definition) is 2. The topological polar surface area (TPSA) is 27.3 Å². The molecule has 10 heavy (non-hydrogen) atoms. The van der Waals surface area contributed by atoms with Gasteiger partial charge in [0.05, 0.1) is 6.67 Å². The molecule has 0 aromatic carbocycles. The Bertz CT molecular complexity index is 199. The zero-order chi connectivity index (χ0) is 6.97. The Morgan fingerprint density at radius 1 is 1.50 bits per heavy atom. The summed E-state index contributed by atoms with van der Waals surface area (Å²) in [7, 11) is 0. The van der Waals surface area contributed by atoms with Crippen LogP contribution in [0.2, 0.25) is 0 Å². The van der Waals surface area contributed by atoms with Crippen molar-refractivity contribution in [2.24, 2.45) is 0 Å². The minimum atomic E-state index is 0.834. The van der Waals surface area contributed by atoms with Gasteiger partial charge < -0.3 is 15.5 Å². The molecule has 0 bridgehead atoms. The fourth-order valence-corrected chi connectivity index (χ4v) is 1.38. The van der Waals surface area contributed by atoms with Gasteiger partial charge in [-0.1, -0.05) is 12.2 Å². The van der Waals surface area contributed by atoms with Gasteiger partial charge in [0, 0.05) is 19.2 Å². The molecule has 2 aliphatic rings. The summed E-state index contributed by atoms with van der Waals surface area (Å²) < 4.78 is 0. The van der Waals surface area contributed by atoms with Crippen LogP contribution in [0.3, 0.4) is 0 Å². The Labute approximate surface area is 65.1 Å². The van der Waals surface area contributed by atoms with Gasteiger partial charge >= 0.3 is 0 Å². The van der Waals surface area contributed by atoms with E-state index in [1.54, 1.807) is 0 Å². The molecule has 3 nitrogen and oxygen atoms in total. The average molecular weight is 155 g/mol. The highest BCUT2D eigenvalue weighted by atomic mass is 32.1. The highest BCUT2D eigenvalue weighted by molar-refractivity contribution is 7.80. The Balaban J connectivity index is 2.23. The lowest BCUT2D eigenvalue weighted by Crippen LogP contribution is -2.39. The summed E-state index contributed by atoms with van der Waals surface area (Å²) in [4.78, 5) is 3.07. The standard InChI is InChI=1S/C6H9N3S/c10-6-3-5-7-1-2-9(5)4-8-6/h3,7H,1-2,4H2,(H,8,10). The van der Waals surface area contributed by atoms with E-state index in [0.29, 0.717) is 0 Å². The Morgan fingerprint density at radius 2 is 2.40 bits per heavy atom. The van der Waals surface area contributed by atoms with Crippen molar-refractivity contribution in [2.75, 3.05) is 19.8 Å². The highest BCUT2D eigenvalue weighted by Gasteiger charge is 2.19. The zero-order valence-electron chi connectivity index (χ0n) is 5.55. The number of nitrogens with one attached hydrogen (secondary N) is 2. The molecule has 0 spiro atoms. The van der Waals surface area contributed by atoms with Gasteiger partial charge in [-0.3, -0.25) is 0 Å². The third-order valence-corrected chi connectivity index (χ3v) is 2.00. The van der Waals surface area contributed by atoms with Crippen LogP contribution in [-0.4, -0.2) is 29.6 Å². The second-order valence-corrected chi connectivity index (χ2v) is 2.86. The van der Waals surface area contributed by atoms with E-state index < -0.39 is 0 Å². The molecule has 0 aromatic heterocycles. The molecule has 0 unspecified atom stereocenters. The van der Waals surface area contributed by atoms with Gasteiger partial charge in [0.15, 0.2) is 0 Å². The van der Waals surface area contributed by atoms with Crippen molar-refractivity contribution in [3.05, 3.63) is 11.9 Å². The Hall–Kier alpha value is -0.770. The van der Waals surface area contributed by atoms with Crippen LogP contribution in [-0.2, 0) is 0 Å². The fourth-order valence-electron chi connectivity index (χ4n) is 1.21. The molecule has 0 aliphatic carbocycles.